The number of ether oxygens (including phenoxy) is 1. The first kappa shape index (κ1) is 15.1. The Morgan fingerprint density at radius 2 is 2.08 bits per heavy atom. The van der Waals surface area contributed by atoms with Crippen LogP contribution in [0.1, 0.15) is 6.42 Å². The third-order valence-corrected chi connectivity index (χ3v) is 1.71. The summed E-state index contributed by atoms with van der Waals surface area (Å²) in [6.45, 7) is 4.08. The maximum atomic E-state index is 10.0. The van der Waals surface area contributed by atoms with Gasteiger partial charge in [0.15, 0.2) is 0 Å². The first-order valence-electron chi connectivity index (χ1n) is 3.18. The molecule has 0 aliphatic carbocycles. The van der Waals surface area contributed by atoms with E-state index in [4.69, 9.17) is 4.74 Å². The predicted molar refractivity (Wildman–Crippen MR) is 40.2 cm³/mol. The van der Waals surface area contributed by atoms with Crippen LogP contribution in [0.25, 0.3) is 0 Å². The minimum atomic E-state index is -4.07. The Labute approximate surface area is 95.0 Å². The van der Waals surface area contributed by atoms with E-state index in [1.807, 2.05) is 0 Å². The van der Waals surface area contributed by atoms with E-state index in [0.29, 0.717) is 6.61 Å². The summed E-state index contributed by atoms with van der Waals surface area (Å²) in [5.41, 5.74) is 0. The third kappa shape index (κ3) is 13.2. The van der Waals surface area contributed by atoms with Gasteiger partial charge in [-0.15, -0.1) is 6.58 Å². The first-order chi connectivity index (χ1) is 5.06. The van der Waals surface area contributed by atoms with Gasteiger partial charge in [0.2, 0.25) is 0 Å². The summed E-state index contributed by atoms with van der Waals surface area (Å²) in [7, 11) is -4.07. The maximum absolute atomic E-state index is 10.0. The Bertz CT molecular complexity index is 200. The second-order valence-corrected chi connectivity index (χ2v) is 3.50. The van der Waals surface area contributed by atoms with Crippen molar-refractivity contribution in [3.63, 3.8) is 0 Å². The number of hydrogen-bond acceptors (Lipinski definition) is 4. The normalized spacial score (nSPS) is 10.4. The number of hydrogen-bond donors (Lipinski definition) is 0. The summed E-state index contributed by atoms with van der Waals surface area (Å²) < 4.78 is 35.0. The van der Waals surface area contributed by atoms with E-state index in [2.05, 4.69) is 6.58 Å². The van der Waals surface area contributed by atoms with Gasteiger partial charge in [-0.2, -0.15) is 0 Å². The van der Waals surface area contributed by atoms with Crippen LogP contribution in [0.2, 0.25) is 0 Å². The van der Waals surface area contributed by atoms with Gasteiger partial charge in [-0.3, -0.25) is 0 Å². The Hall–Kier alpha value is 0.610. The van der Waals surface area contributed by atoms with Gasteiger partial charge < -0.3 is 9.29 Å². The molecule has 0 aliphatic rings. The average Bonchev–Trinajstić information content (AvgIpc) is 1.85. The third-order valence-electron chi connectivity index (χ3n) is 0.919. The Kier molecular flexibility index (Phi) is 10.3. The van der Waals surface area contributed by atoms with Gasteiger partial charge in [0.25, 0.3) is 0 Å². The standard InChI is InChI=1S/C6H12O4S.Na/c1-2-4-10-5-3-6-11(7,8)9;/h2H,1,3-6H2,(H,7,8,9);/q;+1/p-1. The predicted octanol–water partition coefficient (Wildman–Crippen LogP) is -2.87. The molecule has 0 aromatic heterocycles. The van der Waals surface area contributed by atoms with E-state index in [9.17, 15) is 13.0 Å². The molecule has 0 saturated heterocycles. The van der Waals surface area contributed by atoms with Crippen LogP contribution in [0.4, 0.5) is 0 Å². The van der Waals surface area contributed by atoms with Crippen LogP contribution in [0.3, 0.4) is 0 Å². The molecule has 12 heavy (non-hydrogen) atoms. The van der Waals surface area contributed by atoms with Gasteiger partial charge in [0.1, 0.15) is 0 Å². The molecule has 0 saturated carbocycles. The second-order valence-electron chi connectivity index (χ2n) is 1.98. The van der Waals surface area contributed by atoms with Crippen LogP contribution < -0.4 is 29.6 Å². The summed E-state index contributed by atoms with van der Waals surface area (Å²) in [6, 6.07) is 0. The van der Waals surface area contributed by atoms with Crippen molar-refractivity contribution in [1.82, 2.24) is 0 Å². The molecule has 0 spiro atoms. The SMILES string of the molecule is C=CCOCCCS(=O)(=O)[O-].[Na+]. The molecule has 0 N–H and O–H groups in total. The van der Waals surface area contributed by atoms with E-state index in [-0.39, 0.29) is 48.3 Å². The van der Waals surface area contributed by atoms with Crippen molar-refractivity contribution in [2.75, 3.05) is 19.0 Å². The molecular formula is C6H11NaO4S. The van der Waals surface area contributed by atoms with E-state index in [1.165, 1.54) is 0 Å². The molecule has 66 valence electrons. The van der Waals surface area contributed by atoms with E-state index in [0.717, 1.165) is 0 Å². The maximum Gasteiger partial charge on any atom is 1.00 e. The summed E-state index contributed by atoms with van der Waals surface area (Å²) in [5, 5.41) is 0. The van der Waals surface area contributed by atoms with Crippen molar-refractivity contribution < 1.29 is 47.3 Å². The molecule has 0 aliphatic heterocycles. The van der Waals surface area contributed by atoms with Crippen LogP contribution in [0.15, 0.2) is 12.7 Å². The molecule has 0 aromatic carbocycles. The van der Waals surface area contributed by atoms with Crippen molar-refractivity contribution in [3.8, 4) is 0 Å². The Morgan fingerprint density at radius 1 is 1.50 bits per heavy atom. The van der Waals surface area contributed by atoms with Gasteiger partial charge >= 0.3 is 29.6 Å². The largest absolute Gasteiger partial charge is 1.00 e. The van der Waals surface area contributed by atoms with Crippen LogP contribution in [-0.4, -0.2) is 31.9 Å². The molecule has 0 unspecified atom stereocenters. The summed E-state index contributed by atoms with van der Waals surface area (Å²) in [6.07, 6.45) is 1.81. The Morgan fingerprint density at radius 3 is 2.50 bits per heavy atom. The molecule has 0 fully saturated rings. The van der Waals surface area contributed by atoms with Crippen molar-refractivity contribution in [2.45, 2.75) is 6.42 Å². The molecule has 4 nitrogen and oxygen atoms in total. The average molecular weight is 202 g/mol. The molecule has 0 bridgehead atoms. The fourth-order valence-corrected chi connectivity index (χ4v) is 0.976. The van der Waals surface area contributed by atoms with Crippen molar-refractivity contribution in [1.29, 1.82) is 0 Å². The van der Waals surface area contributed by atoms with Gasteiger partial charge in [-0.1, -0.05) is 6.08 Å². The van der Waals surface area contributed by atoms with E-state index < -0.39 is 10.1 Å². The molecule has 0 heterocycles. The monoisotopic (exact) mass is 202 g/mol. The second kappa shape index (κ2) is 8.22. The van der Waals surface area contributed by atoms with Gasteiger partial charge in [0, 0.05) is 12.4 Å². The quantitative estimate of drug-likeness (QED) is 0.201. The van der Waals surface area contributed by atoms with Gasteiger partial charge in [0.05, 0.1) is 16.7 Å². The summed E-state index contributed by atoms with van der Waals surface area (Å²) in [4.78, 5) is 0. The molecule has 0 radical (unpaired) electrons. The smallest absolute Gasteiger partial charge is 0.748 e. The first-order valence-corrected chi connectivity index (χ1v) is 4.76. The zero-order valence-electron chi connectivity index (χ0n) is 7.15. The molecule has 6 heteroatoms. The van der Waals surface area contributed by atoms with Crippen LogP contribution in [-0.2, 0) is 14.9 Å². The number of rotatable bonds is 6. The van der Waals surface area contributed by atoms with Crippen molar-refractivity contribution in [3.05, 3.63) is 12.7 Å². The zero-order chi connectivity index (χ0) is 8.74. The van der Waals surface area contributed by atoms with E-state index in [1.54, 1.807) is 6.08 Å². The van der Waals surface area contributed by atoms with Crippen LogP contribution in [0, 0.1) is 0 Å². The Balaban J connectivity index is 0. The van der Waals surface area contributed by atoms with Gasteiger partial charge in [-0.25, -0.2) is 8.42 Å². The topological polar surface area (TPSA) is 66.4 Å². The van der Waals surface area contributed by atoms with E-state index >= 15 is 0 Å². The molecule has 0 amide bonds. The molecule has 0 atom stereocenters. The summed E-state index contributed by atoms with van der Waals surface area (Å²) in [5.74, 6) is -0.357. The van der Waals surface area contributed by atoms with Gasteiger partial charge in [-0.05, 0) is 6.42 Å². The molecular weight excluding hydrogens is 191 g/mol. The minimum absolute atomic E-state index is 0. The summed E-state index contributed by atoms with van der Waals surface area (Å²) >= 11 is 0. The zero-order valence-corrected chi connectivity index (χ0v) is 9.97. The van der Waals surface area contributed by atoms with Crippen molar-refractivity contribution >= 4 is 10.1 Å². The van der Waals surface area contributed by atoms with Crippen LogP contribution >= 0.6 is 0 Å². The fraction of sp³-hybridized carbons (Fsp3) is 0.667. The fourth-order valence-electron chi connectivity index (χ4n) is 0.504. The van der Waals surface area contributed by atoms with Crippen LogP contribution in [0.5, 0.6) is 0 Å². The molecule has 0 rings (SSSR count). The van der Waals surface area contributed by atoms with Crippen molar-refractivity contribution in [2.24, 2.45) is 0 Å². The minimum Gasteiger partial charge on any atom is -0.748 e. The molecule has 0 aromatic rings.